The molecule has 0 saturated carbocycles. The molecule has 0 bridgehead atoms. The van der Waals surface area contributed by atoms with E-state index in [1.807, 2.05) is 49.4 Å². The highest BCUT2D eigenvalue weighted by Crippen LogP contribution is 2.39. The maximum atomic E-state index is 13.1. The molecule has 0 aliphatic carbocycles. The van der Waals surface area contributed by atoms with Gasteiger partial charge in [-0.15, -0.1) is 0 Å². The third kappa shape index (κ3) is 9.19. The minimum absolute atomic E-state index is 0.284. The molecule has 5 atom stereocenters. The topological polar surface area (TPSA) is 184 Å². The van der Waals surface area contributed by atoms with E-state index in [2.05, 4.69) is 17.6 Å². The van der Waals surface area contributed by atoms with Crippen molar-refractivity contribution in [3.63, 3.8) is 0 Å². The Morgan fingerprint density at radius 3 is 2.30 bits per heavy atom. The first-order valence-corrected chi connectivity index (χ1v) is 16.2. The zero-order chi connectivity index (χ0) is 35.1. The van der Waals surface area contributed by atoms with Gasteiger partial charge in [0.2, 0.25) is 11.8 Å². The van der Waals surface area contributed by atoms with E-state index in [9.17, 15) is 30.0 Å². The van der Waals surface area contributed by atoms with Crippen LogP contribution in [0.25, 0.3) is 6.08 Å². The first-order valence-electron chi connectivity index (χ1n) is 16.2. The monoisotopic (exact) mass is 655 g/mol. The van der Waals surface area contributed by atoms with Gasteiger partial charge in [-0.2, -0.15) is 0 Å². The summed E-state index contributed by atoms with van der Waals surface area (Å²) < 4.78 is 11.6. The Morgan fingerprint density at radius 1 is 1.00 bits per heavy atom. The number of hydrogen-bond donors (Lipinski definition) is 7. The number of hydrogen-bond acceptors (Lipinski definition) is 9. The van der Waals surface area contributed by atoms with Gasteiger partial charge in [0.05, 0.1) is 19.1 Å². The van der Waals surface area contributed by atoms with Gasteiger partial charge in [-0.1, -0.05) is 43.7 Å². The Labute approximate surface area is 278 Å². The summed E-state index contributed by atoms with van der Waals surface area (Å²) in [7, 11) is 1.53. The van der Waals surface area contributed by atoms with Gasteiger partial charge in [0, 0.05) is 18.7 Å². The van der Waals surface area contributed by atoms with Crippen LogP contribution in [0.15, 0.2) is 36.4 Å². The zero-order valence-corrected chi connectivity index (χ0v) is 28.7. The van der Waals surface area contributed by atoms with Crippen LogP contribution in [-0.2, 0) is 27.2 Å². The number of aryl methyl sites for hydroxylation is 2. The standard InChI is InChI=1S/C36H53N3O8/c1-8-9-24-19-27(46-7)26(32-31(43)30(42)29(41)28(20-40)47-32)18-25(24)17-23-11-10-22(16-21(23)2)12-13-35(3,4)33(44)39-36(5,6)34(45)38-15-14-37/h10-13,16,18-19,28-32,40-43H,8-9,14-15,17,20,37H2,1-7H3,(H,38,45)(H,39,44)/b13-12+/t28-,29-,30+,31-,32+/m1/s1. The molecule has 1 saturated heterocycles. The maximum Gasteiger partial charge on any atom is 0.245 e. The van der Waals surface area contributed by atoms with Gasteiger partial charge in [-0.25, -0.2) is 0 Å². The average Bonchev–Trinajstić information content (AvgIpc) is 3.03. The van der Waals surface area contributed by atoms with Crippen LogP contribution in [0, 0.1) is 12.3 Å². The second-order valence-electron chi connectivity index (χ2n) is 13.4. The molecular weight excluding hydrogens is 602 g/mol. The van der Waals surface area contributed by atoms with Gasteiger partial charge in [0.25, 0.3) is 0 Å². The van der Waals surface area contributed by atoms with E-state index < -0.39 is 48.1 Å². The van der Waals surface area contributed by atoms with Crippen molar-refractivity contribution in [2.45, 2.75) is 96.9 Å². The number of amides is 2. The summed E-state index contributed by atoms with van der Waals surface area (Å²) in [5.74, 6) is -0.0975. The number of aliphatic hydroxyl groups excluding tert-OH is 4. The van der Waals surface area contributed by atoms with E-state index in [0.29, 0.717) is 30.8 Å². The highest BCUT2D eigenvalue weighted by molar-refractivity contribution is 5.93. The van der Waals surface area contributed by atoms with Crippen LogP contribution < -0.4 is 21.1 Å². The molecule has 11 heteroatoms. The zero-order valence-electron chi connectivity index (χ0n) is 28.7. The number of carbonyl (C=O) groups is 2. The lowest BCUT2D eigenvalue weighted by Gasteiger charge is -2.40. The Bertz CT molecular complexity index is 1420. The second-order valence-corrected chi connectivity index (χ2v) is 13.4. The van der Waals surface area contributed by atoms with E-state index in [1.54, 1.807) is 27.7 Å². The van der Waals surface area contributed by atoms with Crippen LogP contribution in [0.5, 0.6) is 5.75 Å². The molecule has 8 N–H and O–H groups in total. The average molecular weight is 656 g/mol. The minimum atomic E-state index is -1.50. The number of methoxy groups -OCH3 is 1. The molecule has 2 amide bonds. The van der Waals surface area contributed by atoms with Crippen molar-refractivity contribution in [3.8, 4) is 5.75 Å². The number of nitrogens with two attached hydrogens (primary N) is 1. The fourth-order valence-electron chi connectivity index (χ4n) is 5.63. The van der Waals surface area contributed by atoms with Gasteiger partial charge in [0.15, 0.2) is 0 Å². The quantitative estimate of drug-likeness (QED) is 0.160. The van der Waals surface area contributed by atoms with Crippen LogP contribution in [-0.4, -0.2) is 89.0 Å². The minimum Gasteiger partial charge on any atom is -0.496 e. The van der Waals surface area contributed by atoms with E-state index in [1.165, 1.54) is 7.11 Å². The Morgan fingerprint density at radius 2 is 1.70 bits per heavy atom. The van der Waals surface area contributed by atoms with Gasteiger partial charge < -0.3 is 46.3 Å². The van der Waals surface area contributed by atoms with Gasteiger partial charge in [-0.05, 0) is 87.4 Å². The number of ether oxygens (including phenoxy) is 2. The summed E-state index contributed by atoms with van der Waals surface area (Å²) in [6.45, 7) is 11.1. The number of rotatable bonds is 14. The van der Waals surface area contributed by atoms with Gasteiger partial charge >= 0.3 is 0 Å². The Balaban J connectivity index is 1.86. The van der Waals surface area contributed by atoms with Crippen molar-refractivity contribution in [3.05, 3.63) is 69.8 Å². The number of benzene rings is 2. The molecule has 11 nitrogen and oxygen atoms in total. The largest absolute Gasteiger partial charge is 0.496 e. The summed E-state index contributed by atoms with van der Waals surface area (Å²) in [6.07, 6.45) is -0.444. The Kier molecular flexibility index (Phi) is 13.1. The van der Waals surface area contributed by atoms with E-state index in [4.69, 9.17) is 15.2 Å². The van der Waals surface area contributed by atoms with E-state index in [-0.39, 0.29) is 11.8 Å². The molecule has 1 aliphatic rings. The predicted molar refractivity (Wildman–Crippen MR) is 181 cm³/mol. The van der Waals surface area contributed by atoms with Crippen molar-refractivity contribution < 1.29 is 39.5 Å². The number of nitrogens with one attached hydrogen (secondary N) is 2. The summed E-state index contributed by atoms with van der Waals surface area (Å²) in [5, 5.41) is 46.9. The van der Waals surface area contributed by atoms with Crippen molar-refractivity contribution in [2.75, 3.05) is 26.8 Å². The first-order chi connectivity index (χ1) is 22.1. The lowest BCUT2D eigenvalue weighted by molar-refractivity contribution is -0.232. The summed E-state index contributed by atoms with van der Waals surface area (Å²) in [5.41, 5.74) is 9.12. The Hall–Kier alpha value is -3.32. The van der Waals surface area contributed by atoms with Crippen LogP contribution in [0.3, 0.4) is 0 Å². The molecule has 0 radical (unpaired) electrons. The molecule has 0 spiro atoms. The summed E-state index contributed by atoms with van der Waals surface area (Å²) in [4.78, 5) is 25.6. The van der Waals surface area contributed by atoms with E-state index in [0.717, 1.165) is 40.7 Å². The van der Waals surface area contributed by atoms with Crippen molar-refractivity contribution in [1.29, 1.82) is 0 Å². The maximum absolute atomic E-state index is 13.1. The fourth-order valence-corrected chi connectivity index (χ4v) is 5.63. The highest BCUT2D eigenvalue weighted by Gasteiger charge is 2.45. The molecule has 47 heavy (non-hydrogen) atoms. The normalized spacial score (nSPS) is 21.9. The van der Waals surface area contributed by atoms with Crippen molar-refractivity contribution >= 4 is 17.9 Å². The second kappa shape index (κ2) is 16.2. The molecule has 0 unspecified atom stereocenters. The van der Waals surface area contributed by atoms with Crippen molar-refractivity contribution in [2.24, 2.45) is 11.1 Å². The predicted octanol–water partition coefficient (Wildman–Crippen LogP) is 2.07. The van der Waals surface area contributed by atoms with Gasteiger partial charge in [-0.3, -0.25) is 9.59 Å². The molecule has 1 aliphatic heterocycles. The molecule has 1 fully saturated rings. The third-order valence-corrected chi connectivity index (χ3v) is 8.72. The summed E-state index contributed by atoms with van der Waals surface area (Å²) >= 11 is 0. The molecule has 2 aromatic rings. The molecular formula is C36H53N3O8. The smallest absolute Gasteiger partial charge is 0.245 e. The van der Waals surface area contributed by atoms with Crippen molar-refractivity contribution in [1.82, 2.24) is 10.6 Å². The number of aliphatic hydroxyl groups is 4. The SMILES string of the molecule is CCCc1cc(OC)c([C@@H]2O[C@H](CO)[C@@H](O)[C@H](O)[C@H]2O)cc1Cc1ccc(/C=C/C(C)(C)C(=O)NC(C)(C)C(=O)NCCN)cc1C. The first kappa shape index (κ1) is 38.1. The molecule has 3 rings (SSSR count). The lowest BCUT2D eigenvalue weighted by atomic mass is 9.86. The summed E-state index contributed by atoms with van der Waals surface area (Å²) in [6, 6.07) is 9.92. The van der Waals surface area contributed by atoms with Crippen LogP contribution in [0.4, 0.5) is 0 Å². The van der Waals surface area contributed by atoms with E-state index >= 15 is 0 Å². The molecule has 260 valence electrons. The number of carbonyl (C=O) groups excluding carboxylic acids is 2. The van der Waals surface area contributed by atoms with Crippen LogP contribution in [0.2, 0.25) is 0 Å². The highest BCUT2D eigenvalue weighted by atomic mass is 16.5. The van der Waals surface area contributed by atoms with Crippen LogP contribution >= 0.6 is 0 Å². The molecule has 2 aromatic carbocycles. The van der Waals surface area contributed by atoms with Gasteiger partial charge in [0.1, 0.15) is 41.8 Å². The third-order valence-electron chi connectivity index (χ3n) is 8.72. The van der Waals surface area contributed by atoms with Crippen LogP contribution in [0.1, 0.15) is 80.5 Å². The lowest BCUT2D eigenvalue weighted by Crippen LogP contribution is -2.57. The molecule has 0 aromatic heterocycles. The fraction of sp³-hybridized carbons (Fsp3) is 0.556. The molecule has 1 heterocycles.